The lowest BCUT2D eigenvalue weighted by molar-refractivity contribution is 0.214. The molecular weight excluding hydrogens is 332 g/mol. The van der Waals surface area contributed by atoms with Crippen LogP contribution in [-0.4, -0.2) is 32.2 Å². The second-order valence-electron chi connectivity index (χ2n) is 6.92. The summed E-state index contributed by atoms with van der Waals surface area (Å²) in [5, 5.41) is 0. The molecule has 0 aromatic heterocycles. The summed E-state index contributed by atoms with van der Waals surface area (Å²) in [5.74, 6) is 1.57. The van der Waals surface area contributed by atoms with E-state index in [-0.39, 0.29) is 4.90 Å². The van der Waals surface area contributed by atoms with E-state index in [0.29, 0.717) is 17.7 Å². The van der Waals surface area contributed by atoms with Crippen LogP contribution in [0.2, 0.25) is 0 Å². The van der Waals surface area contributed by atoms with Crippen LogP contribution >= 0.6 is 0 Å². The molecule has 132 valence electrons. The van der Waals surface area contributed by atoms with Gasteiger partial charge < -0.3 is 4.90 Å². The molecule has 2 aromatic rings. The van der Waals surface area contributed by atoms with E-state index in [1.54, 1.807) is 30.3 Å². The van der Waals surface area contributed by atoms with Gasteiger partial charge in [0, 0.05) is 18.7 Å². The molecule has 4 nitrogen and oxygen atoms in total. The zero-order valence-corrected chi connectivity index (χ0v) is 15.5. The Bertz CT molecular complexity index is 823. The fourth-order valence-corrected chi connectivity index (χ4v) is 4.53. The smallest absolute Gasteiger partial charge is 0.284 e. The molecule has 1 fully saturated rings. The minimum Gasteiger partial charge on any atom is -0.355 e. The first kappa shape index (κ1) is 17.7. The van der Waals surface area contributed by atoms with Crippen LogP contribution in [0.5, 0.6) is 0 Å². The standard InChI is InChI=1S/C20H24N2O2S/c1-16-13-17(2)15-22(14-16)20(18-9-5-3-6-10-18)21-25(23,24)19-11-7-4-8-12-19/h3-12,16-17H,13-15H2,1-2H3. The molecule has 2 aromatic carbocycles. The number of hydrogen-bond donors (Lipinski definition) is 0. The maximum absolute atomic E-state index is 12.8. The van der Waals surface area contributed by atoms with E-state index in [9.17, 15) is 8.42 Å². The van der Waals surface area contributed by atoms with Gasteiger partial charge in [-0.15, -0.1) is 4.40 Å². The highest BCUT2D eigenvalue weighted by molar-refractivity contribution is 7.90. The maximum Gasteiger partial charge on any atom is 0.284 e. The number of rotatable bonds is 3. The fourth-order valence-electron chi connectivity index (χ4n) is 3.48. The molecule has 0 amide bonds. The lowest BCUT2D eigenvalue weighted by Gasteiger charge is -2.37. The van der Waals surface area contributed by atoms with E-state index in [1.807, 2.05) is 30.3 Å². The van der Waals surface area contributed by atoms with Crippen LogP contribution in [0.25, 0.3) is 0 Å². The Morgan fingerprint density at radius 2 is 1.44 bits per heavy atom. The number of nitrogens with zero attached hydrogens (tertiary/aromatic N) is 2. The Hall–Kier alpha value is -2.14. The highest BCUT2D eigenvalue weighted by Gasteiger charge is 2.27. The van der Waals surface area contributed by atoms with Gasteiger partial charge in [0.15, 0.2) is 0 Å². The minimum atomic E-state index is -3.75. The van der Waals surface area contributed by atoms with Crippen molar-refractivity contribution >= 4 is 15.9 Å². The van der Waals surface area contributed by atoms with Gasteiger partial charge in [0.05, 0.1) is 4.90 Å². The van der Waals surface area contributed by atoms with Crippen LogP contribution in [-0.2, 0) is 10.0 Å². The monoisotopic (exact) mass is 356 g/mol. The Labute approximate surface area is 150 Å². The average Bonchev–Trinajstić information content (AvgIpc) is 2.60. The number of sulfonamides is 1. The summed E-state index contributed by atoms with van der Waals surface area (Å²) in [6.07, 6.45) is 1.16. The molecule has 0 N–H and O–H groups in total. The number of hydrogen-bond acceptors (Lipinski definition) is 2. The SMILES string of the molecule is CC1CC(C)CN(C(=NS(=O)(=O)c2ccccc2)c2ccccc2)C1. The quantitative estimate of drug-likeness (QED) is 0.621. The van der Waals surface area contributed by atoms with E-state index in [0.717, 1.165) is 25.1 Å². The minimum absolute atomic E-state index is 0.224. The van der Waals surface area contributed by atoms with Gasteiger partial charge in [-0.1, -0.05) is 62.4 Å². The Balaban J connectivity index is 2.05. The van der Waals surface area contributed by atoms with Crippen LogP contribution in [0.3, 0.4) is 0 Å². The van der Waals surface area contributed by atoms with E-state index in [2.05, 4.69) is 23.1 Å². The van der Waals surface area contributed by atoms with Gasteiger partial charge in [-0.25, -0.2) is 0 Å². The summed E-state index contributed by atoms with van der Waals surface area (Å²) in [7, 11) is -3.75. The van der Waals surface area contributed by atoms with E-state index in [1.165, 1.54) is 0 Å². The van der Waals surface area contributed by atoms with Gasteiger partial charge in [-0.05, 0) is 30.4 Å². The van der Waals surface area contributed by atoms with Gasteiger partial charge in [0.1, 0.15) is 5.84 Å². The van der Waals surface area contributed by atoms with Crippen LogP contribution < -0.4 is 0 Å². The lowest BCUT2D eigenvalue weighted by atomic mass is 9.91. The normalized spacial score (nSPS) is 22.0. The zero-order chi connectivity index (χ0) is 17.9. The van der Waals surface area contributed by atoms with Crippen LogP contribution in [0.15, 0.2) is 70.0 Å². The molecule has 1 aliphatic heterocycles. The predicted molar refractivity (Wildman–Crippen MR) is 101 cm³/mol. The molecule has 2 atom stereocenters. The molecule has 5 heteroatoms. The Morgan fingerprint density at radius 1 is 0.920 bits per heavy atom. The molecule has 1 saturated heterocycles. The zero-order valence-electron chi connectivity index (χ0n) is 14.7. The van der Waals surface area contributed by atoms with Crippen LogP contribution in [0, 0.1) is 11.8 Å². The molecule has 0 aliphatic carbocycles. The van der Waals surface area contributed by atoms with Crippen molar-refractivity contribution in [2.45, 2.75) is 25.2 Å². The molecule has 0 saturated carbocycles. The molecule has 2 unspecified atom stereocenters. The van der Waals surface area contributed by atoms with Crippen molar-refractivity contribution in [1.29, 1.82) is 0 Å². The largest absolute Gasteiger partial charge is 0.355 e. The van der Waals surface area contributed by atoms with E-state index in [4.69, 9.17) is 0 Å². The number of piperidine rings is 1. The first-order valence-electron chi connectivity index (χ1n) is 8.66. The van der Waals surface area contributed by atoms with Crippen LogP contribution in [0.1, 0.15) is 25.8 Å². The van der Waals surface area contributed by atoms with Gasteiger partial charge in [-0.2, -0.15) is 8.42 Å². The number of benzene rings is 2. The van der Waals surface area contributed by atoms with Crippen molar-refractivity contribution < 1.29 is 8.42 Å². The number of likely N-dealkylation sites (tertiary alicyclic amines) is 1. The topological polar surface area (TPSA) is 49.7 Å². The molecule has 25 heavy (non-hydrogen) atoms. The fraction of sp³-hybridized carbons (Fsp3) is 0.350. The summed E-state index contributed by atoms with van der Waals surface area (Å²) >= 11 is 0. The van der Waals surface area contributed by atoms with Crippen molar-refractivity contribution in [2.24, 2.45) is 16.2 Å². The van der Waals surface area contributed by atoms with E-state index >= 15 is 0 Å². The highest BCUT2D eigenvalue weighted by Crippen LogP contribution is 2.24. The molecular formula is C20H24N2O2S. The second-order valence-corrected chi connectivity index (χ2v) is 8.52. The molecule has 0 spiro atoms. The lowest BCUT2D eigenvalue weighted by Crippen LogP contribution is -2.43. The molecule has 3 rings (SSSR count). The Morgan fingerprint density at radius 3 is 2.00 bits per heavy atom. The van der Waals surface area contributed by atoms with Crippen molar-refractivity contribution in [1.82, 2.24) is 4.90 Å². The van der Waals surface area contributed by atoms with Gasteiger partial charge >= 0.3 is 0 Å². The van der Waals surface area contributed by atoms with Crippen molar-refractivity contribution in [3.05, 3.63) is 66.2 Å². The molecule has 0 radical (unpaired) electrons. The summed E-state index contributed by atoms with van der Waals surface area (Å²) in [4.78, 5) is 2.34. The summed E-state index contributed by atoms with van der Waals surface area (Å²) in [6.45, 7) is 6.05. The predicted octanol–water partition coefficient (Wildman–Crippen LogP) is 3.80. The van der Waals surface area contributed by atoms with Crippen molar-refractivity contribution in [3.8, 4) is 0 Å². The van der Waals surface area contributed by atoms with Crippen LogP contribution in [0.4, 0.5) is 0 Å². The maximum atomic E-state index is 12.8. The first-order chi connectivity index (χ1) is 12.0. The summed E-state index contributed by atoms with van der Waals surface area (Å²) in [5.41, 5.74) is 0.836. The molecule has 1 heterocycles. The van der Waals surface area contributed by atoms with Gasteiger partial charge in [-0.3, -0.25) is 0 Å². The van der Waals surface area contributed by atoms with Crippen molar-refractivity contribution in [2.75, 3.05) is 13.1 Å². The average molecular weight is 356 g/mol. The third-order valence-electron chi connectivity index (χ3n) is 4.45. The van der Waals surface area contributed by atoms with Gasteiger partial charge in [0.25, 0.3) is 10.0 Å². The number of amidine groups is 1. The van der Waals surface area contributed by atoms with E-state index < -0.39 is 10.0 Å². The summed E-state index contributed by atoms with van der Waals surface area (Å²) < 4.78 is 29.9. The third-order valence-corrected chi connectivity index (χ3v) is 5.73. The first-order valence-corrected chi connectivity index (χ1v) is 10.1. The molecule has 1 aliphatic rings. The second kappa shape index (κ2) is 7.40. The van der Waals surface area contributed by atoms with Gasteiger partial charge in [0.2, 0.25) is 0 Å². The highest BCUT2D eigenvalue weighted by atomic mass is 32.2. The third kappa shape index (κ3) is 4.28. The summed E-state index contributed by atoms with van der Waals surface area (Å²) in [6, 6.07) is 18.0. The Kier molecular flexibility index (Phi) is 5.23. The molecule has 0 bridgehead atoms. The van der Waals surface area contributed by atoms with Crippen molar-refractivity contribution in [3.63, 3.8) is 0 Å².